The number of fused-ring (bicyclic) bond motifs is 1. The Morgan fingerprint density at radius 2 is 1.77 bits per heavy atom. The molecule has 0 aliphatic carbocycles. The predicted molar refractivity (Wildman–Crippen MR) is 94.5 cm³/mol. The highest BCUT2D eigenvalue weighted by molar-refractivity contribution is 5.92. The van der Waals surface area contributed by atoms with E-state index in [0.717, 1.165) is 32.0 Å². The Hall–Kier alpha value is -1.61. The monoisotopic (exact) mass is 297 g/mol. The Morgan fingerprint density at radius 3 is 2.59 bits per heavy atom. The van der Waals surface area contributed by atoms with E-state index < -0.39 is 0 Å². The van der Waals surface area contributed by atoms with Crippen LogP contribution >= 0.6 is 0 Å². The third-order valence-electron chi connectivity index (χ3n) is 4.65. The van der Waals surface area contributed by atoms with Crippen LogP contribution in [-0.2, 0) is 0 Å². The predicted octanol–water partition coefficient (Wildman–Crippen LogP) is 3.94. The van der Waals surface area contributed by atoms with Crippen molar-refractivity contribution in [1.82, 2.24) is 9.88 Å². The van der Waals surface area contributed by atoms with Crippen LogP contribution in [0.25, 0.3) is 10.8 Å². The topological polar surface area (TPSA) is 19.4 Å². The molecule has 22 heavy (non-hydrogen) atoms. The van der Waals surface area contributed by atoms with Gasteiger partial charge in [0, 0.05) is 37.8 Å². The van der Waals surface area contributed by atoms with Crippen molar-refractivity contribution in [3.8, 4) is 0 Å². The summed E-state index contributed by atoms with van der Waals surface area (Å²) in [5, 5.41) is 2.57. The van der Waals surface area contributed by atoms with Crippen molar-refractivity contribution >= 4 is 16.6 Å². The van der Waals surface area contributed by atoms with Crippen LogP contribution in [0.2, 0.25) is 0 Å². The van der Waals surface area contributed by atoms with Crippen molar-refractivity contribution in [2.24, 2.45) is 0 Å². The second-order valence-electron chi connectivity index (χ2n) is 6.25. The van der Waals surface area contributed by atoms with Crippen LogP contribution in [0.4, 0.5) is 5.82 Å². The molecule has 0 N–H and O–H groups in total. The molecule has 0 atom stereocenters. The van der Waals surface area contributed by atoms with Gasteiger partial charge in [-0.25, -0.2) is 4.98 Å². The standard InChI is InChI=1S/C19H27N3/c1-2-3-4-7-12-21-13-15-22(16-14-21)19-18-9-6-5-8-17(18)10-11-20-19/h5-6,8-11H,2-4,7,12-16H2,1H3. The minimum Gasteiger partial charge on any atom is -0.354 e. The van der Waals surface area contributed by atoms with E-state index in [9.17, 15) is 0 Å². The summed E-state index contributed by atoms with van der Waals surface area (Å²) >= 11 is 0. The molecule has 3 heteroatoms. The van der Waals surface area contributed by atoms with Crippen molar-refractivity contribution < 1.29 is 0 Å². The maximum atomic E-state index is 4.65. The molecule has 3 nitrogen and oxygen atoms in total. The Bertz CT molecular complexity index is 583. The van der Waals surface area contributed by atoms with Gasteiger partial charge in [0.25, 0.3) is 0 Å². The maximum Gasteiger partial charge on any atom is 0.136 e. The van der Waals surface area contributed by atoms with Gasteiger partial charge in [0.1, 0.15) is 5.82 Å². The van der Waals surface area contributed by atoms with E-state index in [0.29, 0.717) is 0 Å². The highest BCUT2D eigenvalue weighted by Gasteiger charge is 2.18. The molecule has 0 amide bonds. The fraction of sp³-hybridized carbons (Fsp3) is 0.526. The highest BCUT2D eigenvalue weighted by atomic mass is 15.3. The van der Waals surface area contributed by atoms with E-state index in [-0.39, 0.29) is 0 Å². The minimum absolute atomic E-state index is 1.09. The van der Waals surface area contributed by atoms with E-state index in [1.54, 1.807) is 0 Å². The molecular formula is C19H27N3. The van der Waals surface area contributed by atoms with Crippen LogP contribution in [0, 0.1) is 0 Å². The summed E-state index contributed by atoms with van der Waals surface area (Å²) in [6.07, 6.45) is 7.36. The van der Waals surface area contributed by atoms with Gasteiger partial charge >= 0.3 is 0 Å². The summed E-state index contributed by atoms with van der Waals surface area (Å²) in [4.78, 5) is 9.71. The first-order valence-corrected chi connectivity index (χ1v) is 8.69. The first-order valence-electron chi connectivity index (χ1n) is 8.69. The Balaban J connectivity index is 1.59. The third kappa shape index (κ3) is 3.58. The first kappa shape index (κ1) is 15.3. The average molecular weight is 297 g/mol. The number of hydrogen-bond donors (Lipinski definition) is 0. The van der Waals surface area contributed by atoms with Gasteiger partial charge in [-0.05, 0) is 24.4 Å². The highest BCUT2D eigenvalue weighted by Crippen LogP contribution is 2.24. The molecule has 3 rings (SSSR count). The second-order valence-corrected chi connectivity index (χ2v) is 6.25. The van der Waals surface area contributed by atoms with Gasteiger partial charge in [0.2, 0.25) is 0 Å². The molecule has 0 spiro atoms. The fourth-order valence-corrected chi connectivity index (χ4v) is 3.30. The van der Waals surface area contributed by atoms with E-state index in [2.05, 4.69) is 52.0 Å². The van der Waals surface area contributed by atoms with Crippen LogP contribution in [0.5, 0.6) is 0 Å². The second kappa shape index (κ2) is 7.59. The molecule has 0 bridgehead atoms. The molecule has 0 radical (unpaired) electrons. The normalized spacial score (nSPS) is 16.3. The molecule has 2 heterocycles. The number of nitrogens with zero attached hydrogens (tertiary/aromatic N) is 3. The SMILES string of the molecule is CCCCCCN1CCN(c2nccc3ccccc23)CC1. The Labute approximate surface area is 133 Å². The number of hydrogen-bond acceptors (Lipinski definition) is 3. The van der Waals surface area contributed by atoms with E-state index in [1.807, 2.05) is 6.20 Å². The van der Waals surface area contributed by atoms with Gasteiger partial charge in [-0.1, -0.05) is 50.5 Å². The van der Waals surface area contributed by atoms with Gasteiger partial charge < -0.3 is 4.90 Å². The molecule has 1 aliphatic rings. The zero-order valence-corrected chi connectivity index (χ0v) is 13.7. The van der Waals surface area contributed by atoms with E-state index >= 15 is 0 Å². The summed E-state index contributed by atoms with van der Waals surface area (Å²) in [6.45, 7) is 8.05. The number of piperazine rings is 1. The molecule has 1 aliphatic heterocycles. The number of anilines is 1. The molecule has 0 saturated carbocycles. The fourth-order valence-electron chi connectivity index (χ4n) is 3.30. The number of benzene rings is 1. The molecule has 1 aromatic carbocycles. The third-order valence-corrected chi connectivity index (χ3v) is 4.65. The van der Waals surface area contributed by atoms with Crippen LogP contribution in [0.3, 0.4) is 0 Å². The molecule has 1 fully saturated rings. The number of pyridine rings is 1. The Kier molecular flexibility index (Phi) is 5.28. The lowest BCUT2D eigenvalue weighted by molar-refractivity contribution is 0.252. The van der Waals surface area contributed by atoms with E-state index in [4.69, 9.17) is 0 Å². The van der Waals surface area contributed by atoms with Crippen molar-refractivity contribution in [2.75, 3.05) is 37.6 Å². The summed E-state index contributed by atoms with van der Waals surface area (Å²) in [7, 11) is 0. The number of unbranched alkanes of at least 4 members (excludes halogenated alkanes) is 3. The zero-order chi connectivity index (χ0) is 15.2. The van der Waals surface area contributed by atoms with Gasteiger partial charge in [-0.3, -0.25) is 4.90 Å². The van der Waals surface area contributed by atoms with Crippen molar-refractivity contribution in [3.63, 3.8) is 0 Å². The summed E-state index contributed by atoms with van der Waals surface area (Å²) < 4.78 is 0. The van der Waals surface area contributed by atoms with Crippen LogP contribution in [-0.4, -0.2) is 42.6 Å². The van der Waals surface area contributed by atoms with Crippen LogP contribution in [0.15, 0.2) is 36.5 Å². The quantitative estimate of drug-likeness (QED) is 0.753. The lowest BCUT2D eigenvalue weighted by atomic mass is 10.1. The Morgan fingerprint density at radius 1 is 0.955 bits per heavy atom. The van der Waals surface area contributed by atoms with Crippen molar-refractivity contribution in [2.45, 2.75) is 32.6 Å². The lowest BCUT2D eigenvalue weighted by Crippen LogP contribution is -2.47. The largest absolute Gasteiger partial charge is 0.354 e. The number of rotatable bonds is 6. The first-order chi connectivity index (χ1) is 10.9. The summed E-state index contributed by atoms with van der Waals surface area (Å²) in [5.74, 6) is 1.16. The maximum absolute atomic E-state index is 4.65. The summed E-state index contributed by atoms with van der Waals surface area (Å²) in [5.41, 5.74) is 0. The average Bonchev–Trinajstić information content (AvgIpc) is 2.59. The van der Waals surface area contributed by atoms with Gasteiger partial charge in [-0.15, -0.1) is 0 Å². The van der Waals surface area contributed by atoms with Gasteiger partial charge in [0.15, 0.2) is 0 Å². The summed E-state index contributed by atoms with van der Waals surface area (Å²) in [6, 6.07) is 10.7. The van der Waals surface area contributed by atoms with Gasteiger partial charge in [0.05, 0.1) is 0 Å². The van der Waals surface area contributed by atoms with Crippen molar-refractivity contribution in [3.05, 3.63) is 36.5 Å². The number of aromatic nitrogens is 1. The van der Waals surface area contributed by atoms with Crippen LogP contribution in [0.1, 0.15) is 32.6 Å². The molecule has 1 saturated heterocycles. The molecule has 118 valence electrons. The molecular weight excluding hydrogens is 270 g/mol. The molecule has 1 aromatic heterocycles. The zero-order valence-electron chi connectivity index (χ0n) is 13.7. The smallest absolute Gasteiger partial charge is 0.136 e. The lowest BCUT2D eigenvalue weighted by Gasteiger charge is -2.35. The molecule has 0 unspecified atom stereocenters. The van der Waals surface area contributed by atoms with Gasteiger partial charge in [-0.2, -0.15) is 0 Å². The minimum atomic E-state index is 1.09. The van der Waals surface area contributed by atoms with E-state index in [1.165, 1.54) is 43.0 Å². The van der Waals surface area contributed by atoms with Crippen LogP contribution < -0.4 is 4.90 Å². The van der Waals surface area contributed by atoms with Crippen molar-refractivity contribution in [1.29, 1.82) is 0 Å². The molecule has 2 aromatic rings.